The first kappa shape index (κ1) is 11.9. The van der Waals surface area contributed by atoms with Crippen LogP contribution in [-0.2, 0) is 6.54 Å². The average molecular weight is 299 g/mol. The molecule has 0 radical (unpaired) electrons. The van der Waals surface area contributed by atoms with Crippen molar-refractivity contribution in [2.24, 2.45) is 0 Å². The Bertz CT molecular complexity index is 758. The molecule has 0 spiro atoms. The molecule has 2 nitrogen and oxygen atoms in total. The minimum Gasteiger partial charge on any atom is -0.330 e. The summed E-state index contributed by atoms with van der Waals surface area (Å²) in [7, 11) is 0. The molecule has 0 aliphatic rings. The fraction of sp³-hybridized carbons (Fsp3) is 0.0833. The van der Waals surface area contributed by atoms with E-state index in [9.17, 15) is 4.39 Å². The van der Waals surface area contributed by atoms with Gasteiger partial charge in [-0.3, -0.25) is 0 Å². The van der Waals surface area contributed by atoms with Crippen LogP contribution in [-0.4, -0.2) is 9.55 Å². The van der Waals surface area contributed by atoms with Gasteiger partial charge >= 0.3 is 0 Å². The second kappa shape index (κ2) is 4.50. The summed E-state index contributed by atoms with van der Waals surface area (Å²) in [6.07, 6.45) is 0. The molecule has 18 heavy (non-hydrogen) atoms. The van der Waals surface area contributed by atoms with Crippen LogP contribution >= 0.6 is 35.2 Å². The van der Waals surface area contributed by atoms with Gasteiger partial charge in [-0.1, -0.05) is 17.7 Å². The van der Waals surface area contributed by atoms with E-state index in [4.69, 9.17) is 23.8 Å². The van der Waals surface area contributed by atoms with E-state index >= 15 is 0 Å². The van der Waals surface area contributed by atoms with Crippen molar-refractivity contribution in [2.45, 2.75) is 6.54 Å². The monoisotopic (exact) mass is 298 g/mol. The summed E-state index contributed by atoms with van der Waals surface area (Å²) in [5.74, 6) is -0.441. The molecule has 0 aliphatic heterocycles. The van der Waals surface area contributed by atoms with Crippen LogP contribution in [0.15, 0.2) is 29.6 Å². The highest BCUT2D eigenvalue weighted by Gasteiger charge is 2.09. The van der Waals surface area contributed by atoms with Gasteiger partial charge < -0.3 is 9.55 Å². The number of nitrogens with one attached hydrogen (secondary N) is 1. The third-order valence-electron chi connectivity index (χ3n) is 2.71. The lowest BCUT2D eigenvalue weighted by Crippen LogP contribution is -1.97. The molecule has 0 amide bonds. The molecule has 0 bridgehead atoms. The molecule has 3 rings (SSSR count). The van der Waals surface area contributed by atoms with Crippen molar-refractivity contribution in [3.63, 3.8) is 0 Å². The molecule has 1 N–H and O–H groups in total. The SMILES string of the molecule is Fc1cc2[nH]c(=S)n(Cc3cccs3)c2cc1Cl. The lowest BCUT2D eigenvalue weighted by molar-refractivity contribution is 0.629. The van der Waals surface area contributed by atoms with Crippen LogP contribution in [0.4, 0.5) is 4.39 Å². The van der Waals surface area contributed by atoms with Gasteiger partial charge in [0.25, 0.3) is 0 Å². The van der Waals surface area contributed by atoms with Crippen molar-refractivity contribution < 1.29 is 4.39 Å². The zero-order valence-electron chi connectivity index (χ0n) is 9.11. The van der Waals surface area contributed by atoms with Crippen LogP contribution in [0.25, 0.3) is 11.0 Å². The van der Waals surface area contributed by atoms with Gasteiger partial charge in [-0.2, -0.15) is 0 Å². The van der Waals surface area contributed by atoms with Crippen LogP contribution in [0.1, 0.15) is 4.88 Å². The molecule has 0 saturated heterocycles. The normalized spacial score (nSPS) is 11.2. The van der Waals surface area contributed by atoms with E-state index in [0.717, 1.165) is 5.52 Å². The maximum atomic E-state index is 13.4. The summed E-state index contributed by atoms with van der Waals surface area (Å²) in [4.78, 5) is 4.18. The van der Waals surface area contributed by atoms with Gasteiger partial charge in [0.05, 0.1) is 22.6 Å². The van der Waals surface area contributed by atoms with Crippen LogP contribution < -0.4 is 0 Å². The molecular formula is C12H8ClFN2S2. The number of fused-ring (bicyclic) bond motifs is 1. The first-order valence-corrected chi connectivity index (χ1v) is 6.91. The standard InChI is InChI=1S/C12H8ClFN2S2/c13-8-4-11-10(5-9(8)14)15-12(17)16(11)6-7-2-1-3-18-7/h1-5H,6H2,(H,15,17). The number of hydrogen-bond donors (Lipinski definition) is 1. The molecule has 0 fully saturated rings. The number of aromatic amines is 1. The van der Waals surface area contributed by atoms with Crippen molar-refractivity contribution in [1.82, 2.24) is 9.55 Å². The molecule has 92 valence electrons. The fourth-order valence-corrected chi connectivity index (χ4v) is 2.99. The Hall–Kier alpha value is -1.17. The predicted molar refractivity (Wildman–Crippen MR) is 75.5 cm³/mol. The molecule has 2 heterocycles. The zero-order valence-corrected chi connectivity index (χ0v) is 11.5. The molecule has 1 aromatic carbocycles. The van der Waals surface area contributed by atoms with E-state index in [0.29, 0.717) is 16.8 Å². The van der Waals surface area contributed by atoms with E-state index in [1.165, 1.54) is 10.9 Å². The smallest absolute Gasteiger partial charge is 0.178 e. The Morgan fingerprint density at radius 2 is 2.28 bits per heavy atom. The van der Waals surface area contributed by atoms with Crippen LogP contribution in [0.2, 0.25) is 5.02 Å². The highest BCUT2D eigenvalue weighted by molar-refractivity contribution is 7.71. The molecule has 3 aromatic rings. The third-order valence-corrected chi connectivity index (χ3v) is 4.18. The Kier molecular flexibility index (Phi) is 2.97. The summed E-state index contributed by atoms with van der Waals surface area (Å²) in [5.41, 5.74) is 1.48. The fourth-order valence-electron chi connectivity index (χ4n) is 1.87. The number of hydrogen-bond acceptors (Lipinski definition) is 2. The van der Waals surface area contributed by atoms with Crippen molar-refractivity contribution in [1.29, 1.82) is 0 Å². The Balaban J connectivity index is 2.19. The first-order valence-electron chi connectivity index (χ1n) is 5.25. The lowest BCUT2D eigenvalue weighted by atomic mass is 10.3. The van der Waals surface area contributed by atoms with E-state index in [2.05, 4.69) is 4.98 Å². The van der Waals surface area contributed by atoms with Crippen molar-refractivity contribution in [2.75, 3.05) is 0 Å². The Labute approximate surface area is 117 Å². The van der Waals surface area contributed by atoms with Crippen molar-refractivity contribution in [3.05, 3.63) is 50.1 Å². The van der Waals surface area contributed by atoms with Crippen molar-refractivity contribution >= 4 is 46.2 Å². The van der Waals surface area contributed by atoms with Gasteiger partial charge in [0.15, 0.2) is 4.77 Å². The van der Waals surface area contributed by atoms with Crippen LogP contribution in [0, 0.1) is 10.6 Å². The van der Waals surface area contributed by atoms with Gasteiger partial charge in [0.2, 0.25) is 0 Å². The minimum absolute atomic E-state index is 0.108. The molecule has 0 unspecified atom stereocenters. The minimum atomic E-state index is -0.441. The second-order valence-corrected chi connectivity index (χ2v) is 5.71. The van der Waals surface area contributed by atoms with E-state index < -0.39 is 5.82 Å². The molecule has 2 aromatic heterocycles. The highest BCUT2D eigenvalue weighted by Crippen LogP contribution is 2.24. The zero-order chi connectivity index (χ0) is 12.7. The maximum Gasteiger partial charge on any atom is 0.178 e. The first-order chi connectivity index (χ1) is 8.65. The number of thiophene rings is 1. The second-order valence-electron chi connectivity index (χ2n) is 3.88. The topological polar surface area (TPSA) is 20.7 Å². The third kappa shape index (κ3) is 1.98. The van der Waals surface area contributed by atoms with Gasteiger partial charge in [0.1, 0.15) is 5.82 Å². The summed E-state index contributed by atoms with van der Waals surface area (Å²) in [6, 6.07) is 7.01. The number of H-pyrrole nitrogens is 1. The number of benzene rings is 1. The van der Waals surface area contributed by atoms with Crippen LogP contribution in [0.3, 0.4) is 0 Å². The number of nitrogens with zero attached hydrogens (tertiary/aromatic N) is 1. The van der Waals surface area contributed by atoms with E-state index in [1.54, 1.807) is 17.4 Å². The van der Waals surface area contributed by atoms with Gasteiger partial charge in [-0.05, 0) is 29.7 Å². The van der Waals surface area contributed by atoms with Crippen molar-refractivity contribution in [3.8, 4) is 0 Å². The van der Waals surface area contributed by atoms with E-state index in [1.807, 2.05) is 22.1 Å². The summed E-state index contributed by atoms with van der Waals surface area (Å²) >= 11 is 12.7. The average Bonchev–Trinajstić information content (AvgIpc) is 2.92. The maximum absolute atomic E-state index is 13.4. The molecule has 0 aliphatic carbocycles. The number of rotatable bonds is 2. The van der Waals surface area contributed by atoms with Gasteiger partial charge in [0, 0.05) is 10.9 Å². The summed E-state index contributed by atoms with van der Waals surface area (Å²) < 4.78 is 15.9. The molecular weight excluding hydrogens is 291 g/mol. The Morgan fingerprint density at radius 3 is 3.00 bits per heavy atom. The van der Waals surface area contributed by atoms with Gasteiger partial charge in [-0.25, -0.2) is 4.39 Å². The number of aromatic nitrogens is 2. The molecule has 6 heteroatoms. The quantitative estimate of drug-likeness (QED) is 0.686. The number of imidazole rings is 1. The predicted octanol–water partition coefficient (Wildman–Crippen LogP) is 4.60. The molecule has 0 saturated carbocycles. The summed E-state index contributed by atoms with van der Waals surface area (Å²) in [6.45, 7) is 0.665. The van der Waals surface area contributed by atoms with Crippen LogP contribution in [0.5, 0.6) is 0 Å². The number of halogens is 2. The lowest BCUT2D eigenvalue weighted by Gasteiger charge is -2.03. The summed E-state index contributed by atoms with van der Waals surface area (Å²) in [5, 5.41) is 2.12. The largest absolute Gasteiger partial charge is 0.330 e. The highest BCUT2D eigenvalue weighted by atomic mass is 35.5. The Morgan fingerprint density at radius 1 is 1.44 bits per heavy atom. The van der Waals surface area contributed by atoms with Gasteiger partial charge in [-0.15, -0.1) is 11.3 Å². The molecule has 0 atom stereocenters. The van der Waals surface area contributed by atoms with E-state index in [-0.39, 0.29) is 5.02 Å².